The molecule has 0 bridgehead atoms. The molecule has 3 aromatic carbocycles. The van der Waals surface area contributed by atoms with E-state index in [0.29, 0.717) is 11.8 Å². The van der Waals surface area contributed by atoms with Crippen LogP contribution in [-0.4, -0.2) is 10.2 Å². The van der Waals surface area contributed by atoms with Crippen LogP contribution in [-0.2, 0) is 0 Å². The first-order valence-corrected chi connectivity index (χ1v) is 8.97. The topological polar surface area (TPSA) is 51.0 Å². The van der Waals surface area contributed by atoms with Gasteiger partial charge in [-0.1, -0.05) is 54.6 Å². The summed E-state index contributed by atoms with van der Waals surface area (Å²) < 4.78 is 6.03. The van der Waals surface area contributed by atoms with Crippen LogP contribution in [0.1, 0.15) is 28.6 Å². The Hall–Kier alpha value is -3.40. The fourth-order valence-corrected chi connectivity index (χ4v) is 3.21. The van der Waals surface area contributed by atoms with Gasteiger partial charge in [0.25, 0.3) is 0 Å². The first kappa shape index (κ1) is 17.0. The average Bonchev–Trinajstić information content (AvgIpc) is 3.17. The number of benzene rings is 3. The fraction of sp³-hybridized carbons (Fsp3) is 0.130. The Kier molecular flexibility index (Phi) is 4.71. The van der Waals surface area contributed by atoms with Crippen molar-refractivity contribution >= 4 is 5.69 Å². The summed E-state index contributed by atoms with van der Waals surface area (Å²) in [5.41, 5.74) is 5.43. The molecule has 0 unspecified atom stereocenters. The lowest BCUT2D eigenvalue weighted by atomic mass is 10.1. The van der Waals surface area contributed by atoms with Gasteiger partial charge in [0.15, 0.2) is 0 Å². The highest BCUT2D eigenvalue weighted by Crippen LogP contribution is 2.29. The van der Waals surface area contributed by atoms with Crippen LogP contribution < -0.4 is 5.32 Å². The molecule has 1 N–H and O–H groups in total. The summed E-state index contributed by atoms with van der Waals surface area (Å²) in [5, 5.41) is 12.1. The Morgan fingerprint density at radius 3 is 2.07 bits per heavy atom. The fourth-order valence-electron chi connectivity index (χ4n) is 3.21. The smallest absolute Gasteiger partial charge is 0.247 e. The molecule has 1 aromatic heterocycles. The summed E-state index contributed by atoms with van der Waals surface area (Å²) in [6.45, 7) is 4.19. The minimum atomic E-state index is -0.225. The van der Waals surface area contributed by atoms with E-state index >= 15 is 0 Å². The van der Waals surface area contributed by atoms with Crippen molar-refractivity contribution in [1.29, 1.82) is 0 Å². The molecule has 0 aliphatic rings. The molecule has 0 saturated heterocycles. The van der Waals surface area contributed by atoms with Gasteiger partial charge in [-0.25, -0.2) is 0 Å². The van der Waals surface area contributed by atoms with Crippen LogP contribution in [0, 0.1) is 13.8 Å². The van der Waals surface area contributed by atoms with E-state index in [1.807, 2.05) is 48.5 Å². The molecule has 27 heavy (non-hydrogen) atoms. The molecule has 4 heteroatoms. The first-order valence-electron chi connectivity index (χ1n) is 8.97. The minimum Gasteiger partial charge on any atom is -0.418 e. The van der Waals surface area contributed by atoms with Crippen LogP contribution in [0.5, 0.6) is 0 Å². The van der Waals surface area contributed by atoms with E-state index < -0.39 is 0 Å². The second-order valence-electron chi connectivity index (χ2n) is 6.68. The van der Waals surface area contributed by atoms with Crippen LogP contribution in [0.2, 0.25) is 0 Å². The molecule has 4 nitrogen and oxygen atoms in total. The predicted molar refractivity (Wildman–Crippen MR) is 108 cm³/mol. The summed E-state index contributed by atoms with van der Waals surface area (Å²) in [7, 11) is 0. The summed E-state index contributed by atoms with van der Waals surface area (Å²) in [5.74, 6) is 1.06. The molecular weight excluding hydrogens is 334 g/mol. The van der Waals surface area contributed by atoms with Crippen LogP contribution >= 0.6 is 0 Å². The van der Waals surface area contributed by atoms with Gasteiger partial charge in [0, 0.05) is 11.3 Å². The number of hydrogen-bond acceptors (Lipinski definition) is 4. The summed E-state index contributed by atoms with van der Waals surface area (Å²) in [6.07, 6.45) is 0. The van der Waals surface area contributed by atoms with Gasteiger partial charge in [0.05, 0.1) is 0 Å². The molecule has 0 amide bonds. The molecule has 0 saturated carbocycles. The van der Waals surface area contributed by atoms with E-state index in [0.717, 1.165) is 16.8 Å². The van der Waals surface area contributed by atoms with Gasteiger partial charge < -0.3 is 9.73 Å². The summed E-state index contributed by atoms with van der Waals surface area (Å²) in [6, 6.07) is 26.1. The largest absolute Gasteiger partial charge is 0.418 e. The lowest BCUT2D eigenvalue weighted by Crippen LogP contribution is -2.13. The Bertz CT molecular complexity index is 1010. The molecule has 0 aliphatic heterocycles. The highest BCUT2D eigenvalue weighted by molar-refractivity contribution is 5.53. The van der Waals surface area contributed by atoms with E-state index in [9.17, 15) is 0 Å². The first-order chi connectivity index (χ1) is 13.2. The van der Waals surface area contributed by atoms with E-state index in [1.54, 1.807) is 0 Å². The van der Waals surface area contributed by atoms with E-state index in [-0.39, 0.29) is 6.04 Å². The molecule has 134 valence electrons. The summed E-state index contributed by atoms with van der Waals surface area (Å²) >= 11 is 0. The number of nitrogens with one attached hydrogen (secondary N) is 1. The maximum Gasteiger partial charge on any atom is 0.247 e. The Labute approximate surface area is 158 Å². The maximum atomic E-state index is 6.03. The molecule has 1 heterocycles. The maximum absolute atomic E-state index is 6.03. The van der Waals surface area contributed by atoms with Gasteiger partial charge in [-0.15, -0.1) is 10.2 Å². The van der Waals surface area contributed by atoms with Gasteiger partial charge in [-0.3, -0.25) is 0 Å². The van der Waals surface area contributed by atoms with E-state index in [4.69, 9.17) is 4.42 Å². The number of aromatic nitrogens is 2. The van der Waals surface area contributed by atoms with Crippen LogP contribution in [0.15, 0.2) is 83.3 Å². The van der Waals surface area contributed by atoms with Crippen molar-refractivity contribution in [2.45, 2.75) is 19.9 Å². The van der Waals surface area contributed by atoms with Crippen molar-refractivity contribution in [3.63, 3.8) is 0 Å². The second-order valence-corrected chi connectivity index (χ2v) is 6.68. The van der Waals surface area contributed by atoms with Crippen molar-refractivity contribution in [2.75, 3.05) is 5.32 Å². The standard InChI is InChI=1S/C23H21N3O/c1-16-13-17(2)15-20(14-16)24-21(18-9-5-3-6-10-18)23-26-25-22(27-23)19-11-7-4-8-12-19/h3-15,21,24H,1-2H3/t21-/m0/s1. The highest BCUT2D eigenvalue weighted by atomic mass is 16.4. The lowest BCUT2D eigenvalue weighted by Gasteiger charge is -2.18. The summed E-state index contributed by atoms with van der Waals surface area (Å²) in [4.78, 5) is 0. The number of aryl methyl sites for hydroxylation is 2. The molecule has 0 fully saturated rings. The zero-order valence-corrected chi connectivity index (χ0v) is 15.4. The third-order valence-electron chi connectivity index (χ3n) is 4.37. The van der Waals surface area contributed by atoms with Crippen molar-refractivity contribution in [1.82, 2.24) is 10.2 Å². The van der Waals surface area contributed by atoms with Crippen LogP contribution in [0.25, 0.3) is 11.5 Å². The van der Waals surface area contributed by atoms with Gasteiger partial charge in [0.2, 0.25) is 11.8 Å². The number of nitrogens with zero attached hydrogens (tertiary/aromatic N) is 2. The number of hydrogen-bond donors (Lipinski definition) is 1. The molecular formula is C23H21N3O. The monoisotopic (exact) mass is 355 g/mol. The molecule has 0 spiro atoms. The number of anilines is 1. The normalized spacial score (nSPS) is 11.9. The Morgan fingerprint density at radius 1 is 0.778 bits per heavy atom. The van der Waals surface area contributed by atoms with Crippen molar-refractivity contribution < 1.29 is 4.42 Å². The quantitative estimate of drug-likeness (QED) is 0.509. The van der Waals surface area contributed by atoms with Crippen molar-refractivity contribution in [3.8, 4) is 11.5 Å². The second kappa shape index (κ2) is 7.46. The Morgan fingerprint density at radius 2 is 1.41 bits per heavy atom. The molecule has 1 atom stereocenters. The molecule has 0 aliphatic carbocycles. The van der Waals surface area contributed by atoms with Crippen LogP contribution in [0.3, 0.4) is 0 Å². The Balaban J connectivity index is 1.72. The minimum absolute atomic E-state index is 0.225. The van der Waals surface area contributed by atoms with Gasteiger partial charge in [0.1, 0.15) is 6.04 Å². The third kappa shape index (κ3) is 3.90. The van der Waals surface area contributed by atoms with Gasteiger partial charge >= 0.3 is 0 Å². The predicted octanol–water partition coefficient (Wildman–Crippen LogP) is 5.55. The van der Waals surface area contributed by atoms with Crippen LogP contribution in [0.4, 0.5) is 5.69 Å². The molecule has 4 rings (SSSR count). The zero-order valence-electron chi connectivity index (χ0n) is 15.4. The third-order valence-corrected chi connectivity index (χ3v) is 4.37. The zero-order chi connectivity index (χ0) is 18.6. The van der Waals surface area contributed by atoms with E-state index in [1.165, 1.54) is 11.1 Å². The van der Waals surface area contributed by atoms with Crippen molar-refractivity contribution in [3.05, 3.63) is 101 Å². The highest BCUT2D eigenvalue weighted by Gasteiger charge is 2.21. The molecule has 0 radical (unpaired) electrons. The molecule has 4 aromatic rings. The average molecular weight is 355 g/mol. The van der Waals surface area contributed by atoms with Gasteiger partial charge in [-0.2, -0.15) is 0 Å². The van der Waals surface area contributed by atoms with Gasteiger partial charge in [-0.05, 0) is 54.8 Å². The van der Waals surface area contributed by atoms with E-state index in [2.05, 4.69) is 59.7 Å². The van der Waals surface area contributed by atoms with Crippen molar-refractivity contribution in [2.24, 2.45) is 0 Å². The lowest BCUT2D eigenvalue weighted by molar-refractivity contribution is 0.494. The number of rotatable bonds is 5. The SMILES string of the molecule is Cc1cc(C)cc(N[C@@H](c2ccccc2)c2nnc(-c3ccccc3)o2)c1.